The fourth-order valence-corrected chi connectivity index (χ4v) is 3.44. The Labute approximate surface area is 149 Å². The van der Waals surface area contributed by atoms with Crippen LogP contribution in [0.1, 0.15) is 27.3 Å². The van der Waals surface area contributed by atoms with Crippen molar-refractivity contribution in [3.8, 4) is 5.69 Å². The molecular weight excluding hydrogens is 344 g/mol. The molecule has 5 nitrogen and oxygen atoms in total. The minimum absolute atomic E-state index is 0.0679. The second-order valence-corrected chi connectivity index (χ2v) is 6.97. The molecule has 3 aromatic rings. The molecule has 0 aliphatic heterocycles. The van der Waals surface area contributed by atoms with Gasteiger partial charge in [0, 0.05) is 22.0 Å². The molecule has 0 fully saturated rings. The van der Waals surface area contributed by atoms with Crippen molar-refractivity contribution in [1.29, 1.82) is 0 Å². The number of aryl methyl sites for hydroxylation is 3. The number of H-pyrrole nitrogens is 1. The Hall–Kier alpha value is -2.05. The van der Waals surface area contributed by atoms with Crippen molar-refractivity contribution >= 4 is 29.1 Å². The molecule has 0 amide bonds. The van der Waals surface area contributed by atoms with E-state index in [-0.39, 0.29) is 5.78 Å². The SMILES string of the molecule is Cc1cc(C(=O)CSc2nncn2-c2ccc(C)c(Cl)c2)c(C)[nH]1. The Bertz CT molecular complexity index is 900. The monoisotopic (exact) mass is 360 g/mol. The van der Waals surface area contributed by atoms with Crippen molar-refractivity contribution in [3.05, 3.63) is 58.1 Å². The van der Waals surface area contributed by atoms with Crippen LogP contribution in [0.4, 0.5) is 0 Å². The highest BCUT2D eigenvalue weighted by Gasteiger charge is 2.15. The van der Waals surface area contributed by atoms with Gasteiger partial charge in [0.1, 0.15) is 6.33 Å². The summed E-state index contributed by atoms with van der Waals surface area (Å²) in [5.74, 6) is 0.370. The van der Waals surface area contributed by atoms with Crippen LogP contribution in [0.15, 0.2) is 35.7 Å². The lowest BCUT2D eigenvalue weighted by molar-refractivity contribution is 0.102. The van der Waals surface area contributed by atoms with Gasteiger partial charge in [-0.2, -0.15) is 0 Å². The summed E-state index contributed by atoms with van der Waals surface area (Å²) in [6, 6.07) is 7.65. The third-order valence-electron chi connectivity index (χ3n) is 3.73. The first-order chi connectivity index (χ1) is 11.5. The first kappa shape index (κ1) is 16.8. The molecule has 1 aromatic carbocycles. The smallest absolute Gasteiger partial charge is 0.196 e. The van der Waals surface area contributed by atoms with Gasteiger partial charge in [-0.1, -0.05) is 29.4 Å². The van der Waals surface area contributed by atoms with Crippen LogP contribution < -0.4 is 0 Å². The zero-order chi connectivity index (χ0) is 17.3. The maximum absolute atomic E-state index is 12.4. The third-order valence-corrected chi connectivity index (χ3v) is 5.08. The summed E-state index contributed by atoms with van der Waals surface area (Å²) in [6.45, 7) is 5.80. The fourth-order valence-electron chi connectivity index (χ4n) is 2.45. The number of aromatic nitrogens is 4. The molecule has 0 saturated carbocycles. The van der Waals surface area contributed by atoms with E-state index in [2.05, 4.69) is 15.2 Å². The second kappa shape index (κ2) is 6.83. The van der Waals surface area contributed by atoms with Crippen molar-refractivity contribution in [2.45, 2.75) is 25.9 Å². The molecule has 0 aliphatic rings. The molecule has 0 bridgehead atoms. The maximum Gasteiger partial charge on any atom is 0.196 e. The van der Waals surface area contributed by atoms with Crippen LogP contribution in [-0.4, -0.2) is 31.3 Å². The largest absolute Gasteiger partial charge is 0.362 e. The van der Waals surface area contributed by atoms with E-state index >= 15 is 0 Å². The number of benzene rings is 1. The van der Waals surface area contributed by atoms with Crippen molar-refractivity contribution in [3.63, 3.8) is 0 Å². The number of rotatable bonds is 5. The van der Waals surface area contributed by atoms with Crippen LogP contribution in [0, 0.1) is 20.8 Å². The summed E-state index contributed by atoms with van der Waals surface area (Å²) in [7, 11) is 0. The normalized spacial score (nSPS) is 11.0. The highest BCUT2D eigenvalue weighted by molar-refractivity contribution is 7.99. The van der Waals surface area contributed by atoms with Crippen LogP contribution in [-0.2, 0) is 0 Å². The van der Waals surface area contributed by atoms with Crippen molar-refractivity contribution in [2.75, 3.05) is 5.75 Å². The van der Waals surface area contributed by atoms with Crippen LogP contribution in [0.2, 0.25) is 5.02 Å². The van der Waals surface area contributed by atoms with E-state index in [0.717, 1.165) is 28.2 Å². The topological polar surface area (TPSA) is 63.6 Å². The molecule has 0 aliphatic carbocycles. The van der Waals surface area contributed by atoms with Gasteiger partial charge in [-0.25, -0.2) is 0 Å². The summed E-state index contributed by atoms with van der Waals surface area (Å²) < 4.78 is 1.83. The molecule has 0 atom stereocenters. The number of halogens is 1. The van der Waals surface area contributed by atoms with Crippen LogP contribution in [0.5, 0.6) is 0 Å². The van der Waals surface area contributed by atoms with Gasteiger partial charge < -0.3 is 4.98 Å². The molecule has 0 spiro atoms. The summed E-state index contributed by atoms with van der Waals surface area (Å²) in [6.07, 6.45) is 1.62. The summed E-state index contributed by atoms with van der Waals surface area (Å²) in [4.78, 5) is 15.6. The number of Topliss-reactive ketones (excluding diaryl/α,β-unsaturated/α-hetero) is 1. The lowest BCUT2D eigenvalue weighted by atomic mass is 10.2. The number of carbonyl (C=O) groups is 1. The molecule has 0 unspecified atom stereocenters. The molecule has 124 valence electrons. The first-order valence-electron chi connectivity index (χ1n) is 7.44. The zero-order valence-corrected chi connectivity index (χ0v) is 15.2. The number of hydrogen-bond acceptors (Lipinski definition) is 4. The number of thioether (sulfide) groups is 1. The van der Waals surface area contributed by atoms with E-state index in [1.807, 2.05) is 49.6 Å². The molecule has 0 saturated heterocycles. The number of ketones is 1. The minimum atomic E-state index is 0.0679. The van der Waals surface area contributed by atoms with E-state index < -0.39 is 0 Å². The predicted octanol–water partition coefficient (Wildman–Crippen LogP) is 4.15. The molecule has 24 heavy (non-hydrogen) atoms. The van der Waals surface area contributed by atoms with Crippen LogP contribution in [0.3, 0.4) is 0 Å². The van der Waals surface area contributed by atoms with Crippen molar-refractivity contribution < 1.29 is 4.79 Å². The first-order valence-corrected chi connectivity index (χ1v) is 8.81. The van der Waals surface area contributed by atoms with Gasteiger partial charge in [-0.05, 0) is 44.5 Å². The molecule has 1 N–H and O–H groups in total. The average Bonchev–Trinajstić information content (AvgIpc) is 3.14. The van der Waals surface area contributed by atoms with E-state index in [9.17, 15) is 4.79 Å². The van der Waals surface area contributed by atoms with Gasteiger partial charge in [0.05, 0.1) is 11.4 Å². The summed E-state index contributed by atoms with van der Waals surface area (Å²) in [5, 5.41) is 9.41. The van der Waals surface area contributed by atoms with Gasteiger partial charge in [0.25, 0.3) is 0 Å². The Balaban J connectivity index is 1.77. The van der Waals surface area contributed by atoms with Gasteiger partial charge in [-0.15, -0.1) is 10.2 Å². The summed E-state index contributed by atoms with van der Waals surface area (Å²) in [5.41, 5.74) is 4.49. The minimum Gasteiger partial charge on any atom is -0.362 e. The van der Waals surface area contributed by atoms with Crippen molar-refractivity contribution in [2.24, 2.45) is 0 Å². The Morgan fingerprint density at radius 3 is 2.75 bits per heavy atom. The Morgan fingerprint density at radius 2 is 2.08 bits per heavy atom. The highest BCUT2D eigenvalue weighted by atomic mass is 35.5. The van der Waals surface area contributed by atoms with Gasteiger partial charge in [-0.3, -0.25) is 9.36 Å². The molecule has 2 aromatic heterocycles. The number of nitrogens with one attached hydrogen (secondary N) is 1. The molecule has 7 heteroatoms. The quantitative estimate of drug-likeness (QED) is 0.548. The maximum atomic E-state index is 12.4. The third kappa shape index (κ3) is 3.39. The highest BCUT2D eigenvalue weighted by Crippen LogP contribution is 2.24. The zero-order valence-electron chi connectivity index (χ0n) is 13.6. The van der Waals surface area contributed by atoms with Crippen LogP contribution in [0.25, 0.3) is 5.69 Å². The molecule has 0 radical (unpaired) electrons. The Kier molecular flexibility index (Phi) is 4.78. The predicted molar refractivity (Wildman–Crippen MR) is 96.4 cm³/mol. The van der Waals surface area contributed by atoms with E-state index in [1.54, 1.807) is 6.33 Å². The number of hydrogen-bond donors (Lipinski definition) is 1. The molecule has 2 heterocycles. The molecular formula is C17H17ClN4OS. The molecule has 3 rings (SSSR count). The van der Waals surface area contributed by atoms with Gasteiger partial charge in [0.15, 0.2) is 10.9 Å². The van der Waals surface area contributed by atoms with Gasteiger partial charge >= 0.3 is 0 Å². The lowest BCUT2D eigenvalue weighted by Gasteiger charge is -2.07. The van der Waals surface area contributed by atoms with Crippen molar-refractivity contribution in [1.82, 2.24) is 19.7 Å². The Morgan fingerprint density at radius 1 is 1.29 bits per heavy atom. The van der Waals surface area contributed by atoms with Crippen LogP contribution >= 0.6 is 23.4 Å². The number of carbonyl (C=O) groups excluding carboxylic acids is 1. The lowest BCUT2D eigenvalue weighted by Crippen LogP contribution is -2.04. The van der Waals surface area contributed by atoms with E-state index in [0.29, 0.717) is 15.9 Å². The van der Waals surface area contributed by atoms with Gasteiger partial charge in [0.2, 0.25) is 0 Å². The standard InChI is InChI=1S/C17H17ClN4OS/c1-10-4-5-13(7-15(10)18)22-9-19-21-17(22)24-8-16(23)14-6-11(2)20-12(14)3/h4-7,9,20H,8H2,1-3H3. The second-order valence-electron chi connectivity index (χ2n) is 5.62. The average molecular weight is 361 g/mol. The van der Waals surface area contributed by atoms with E-state index in [1.165, 1.54) is 11.8 Å². The van der Waals surface area contributed by atoms with E-state index in [4.69, 9.17) is 11.6 Å². The number of nitrogens with zero attached hydrogens (tertiary/aromatic N) is 3. The summed E-state index contributed by atoms with van der Waals surface area (Å²) >= 11 is 7.55. The number of aromatic amines is 1. The fraction of sp³-hybridized carbons (Fsp3) is 0.235.